The molecule has 1 unspecified atom stereocenters. The summed E-state index contributed by atoms with van der Waals surface area (Å²) in [5.74, 6) is 0.709. The molecule has 0 saturated heterocycles. The molecule has 0 radical (unpaired) electrons. The fourth-order valence-corrected chi connectivity index (χ4v) is 2.62. The third kappa shape index (κ3) is 3.81. The van der Waals surface area contributed by atoms with Crippen LogP contribution >= 0.6 is 0 Å². The van der Waals surface area contributed by atoms with Crippen LogP contribution in [0.2, 0.25) is 0 Å². The van der Waals surface area contributed by atoms with Crippen molar-refractivity contribution in [2.75, 3.05) is 20.2 Å². The van der Waals surface area contributed by atoms with E-state index in [1.165, 1.54) is 0 Å². The zero-order chi connectivity index (χ0) is 16.2. The van der Waals surface area contributed by atoms with Crippen LogP contribution in [0.5, 0.6) is 11.5 Å². The summed E-state index contributed by atoms with van der Waals surface area (Å²) in [4.78, 5) is 12.4. The lowest BCUT2D eigenvalue weighted by molar-refractivity contribution is -0.138. The second-order valence-electron chi connectivity index (χ2n) is 5.67. The molecule has 1 aliphatic rings. The van der Waals surface area contributed by atoms with Crippen molar-refractivity contribution in [3.63, 3.8) is 0 Å². The molecule has 0 spiro atoms. The minimum absolute atomic E-state index is 0.0259. The number of carbonyl (C=O) groups is 1. The van der Waals surface area contributed by atoms with Crippen LogP contribution in [0.4, 0.5) is 0 Å². The van der Waals surface area contributed by atoms with E-state index in [4.69, 9.17) is 14.6 Å². The lowest BCUT2D eigenvalue weighted by Crippen LogP contribution is -2.25. The summed E-state index contributed by atoms with van der Waals surface area (Å²) in [6.45, 7) is 1.10. The Morgan fingerprint density at radius 1 is 1.17 bits per heavy atom. The van der Waals surface area contributed by atoms with E-state index in [9.17, 15) is 4.79 Å². The molecule has 0 fully saturated rings. The summed E-state index contributed by atoms with van der Waals surface area (Å²) in [7, 11) is 1.79. The van der Waals surface area contributed by atoms with Crippen LogP contribution in [0.15, 0.2) is 48.5 Å². The third-order valence-electron chi connectivity index (χ3n) is 3.72. The summed E-state index contributed by atoms with van der Waals surface area (Å²) >= 11 is 0. The van der Waals surface area contributed by atoms with Crippen molar-refractivity contribution in [3.05, 3.63) is 59.7 Å². The van der Waals surface area contributed by atoms with E-state index in [0.717, 1.165) is 22.6 Å². The number of likely N-dealkylation sites (N-methyl/N-ethyl adjacent to an activating group) is 1. The first-order chi connectivity index (χ1) is 11.1. The van der Waals surface area contributed by atoms with Gasteiger partial charge in [-0.05, 0) is 30.3 Å². The maximum Gasteiger partial charge on any atom is 0.317 e. The third-order valence-corrected chi connectivity index (χ3v) is 3.72. The van der Waals surface area contributed by atoms with Gasteiger partial charge in [0, 0.05) is 6.54 Å². The molecule has 1 aliphatic heterocycles. The minimum atomic E-state index is -0.824. The predicted octanol–water partition coefficient (Wildman–Crippen LogP) is 2.72. The first-order valence-electron chi connectivity index (χ1n) is 7.49. The first kappa shape index (κ1) is 15.4. The highest BCUT2D eigenvalue weighted by molar-refractivity contribution is 5.69. The lowest BCUT2D eigenvalue weighted by Gasteiger charge is -2.26. The Morgan fingerprint density at radius 2 is 1.87 bits per heavy atom. The number of ether oxygens (including phenoxy) is 2. The van der Waals surface area contributed by atoms with Gasteiger partial charge in [0.1, 0.15) is 6.61 Å². The number of benzene rings is 2. The number of hydrogen-bond acceptors (Lipinski definition) is 4. The van der Waals surface area contributed by atoms with Gasteiger partial charge < -0.3 is 14.6 Å². The second kappa shape index (κ2) is 6.71. The molecule has 5 nitrogen and oxygen atoms in total. The average molecular weight is 313 g/mol. The second-order valence-corrected chi connectivity index (χ2v) is 5.67. The van der Waals surface area contributed by atoms with Crippen molar-refractivity contribution in [2.24, 2.45) is 0 Å². The van der Waals surface area contributed by atoms with Gasteiger partial charge in [0.05, 0.1) is 6.54 Å². The quantitative estimate of drug-likeness (QED) is 0.920. The Kier molecular flexibility index (Phi) is 4.48. The molecule has 0 amide bonds. The Labute approximate surface area is 135 Å². The number of hydrogen-bond donors (Lipinski definition) is 1. The summed E-state index contributed by atoms with van der Waals surface area (Å²) in [6, 6.07) is 15.6. The Hall–Kier alpha value is -2.53. The van der Waals surface area contributed by atoms with E-state index in [0.29, 0.717) is 13.2 Å². The largest absolute Gasteiger partial charge is 0.485 e. The maximum atomic E-state index is 10.7. The van der Waals surface area contributed by atoms with Crippen molar-refractivity contribution < 1.29 is 19.4 Å². The van der Waals surface area contributed by atoms with E-state index in [1.807, 2.05) is 48.5 Å². The molecule has 120 valence electrons. The molecule has 1 atom stereocenters. The highest BCUT2D eigenvalue weighted by atomic mass is 16.6. The molecule has 5 heteroatoms. The van der Waals surface area contributed by atoms with Gasteiger partial charge in [-0.1, -0.05) is 36.4 Å². The van der Waals surface area contributed by atoms with Crippen LogP contribution in [0, 0.1) is 0 Å². The van der Waals surface area contributed by atoms with Gasteiger partial charge in [-0.25, -0.2) is 0 Å². The molecule has 0 saturated carbocycles. The molecule has 2 aromatic rings. The Bertz CT molecular complexity index is 684. The van der Waals surface area contributed by atoms with Gasteiger partial charge in [-0.15, -0.1) is 0 Å². The molecule has 2 aromatic carbocycles. The summed E-state index contributed by atoms with van der Waals surface area (Å²) in [5.41, 5.74) is 2.11. The van der Waals surface area contributed by atoms with Gasteiger partial charge >= 0.3 is 5.97 Å². The standard InChI is InChI=1S/C18H19NO4/c1-19(11-18(20)21)10-13-6-8-14(9-7-13)17-12-22-15-4-2-3-5-16(15)23-17/h2-9,17H,10-12H2,1H3,(H,20,21). The molecule has 3 rings (SSSR count). The molecule has 1 N–H and O–H groups in total. The van der Waals surface area contributed by atoms with E-state index < -0.39 is 5.97 Å². The van der Waals surface area contributed by atoms with Crippen molar-refractivity contribution >= 4 is 5.97 Å². The van der Waals surface area contributed by atoms with Crippen LogP contribution in [0.1, 0.15) is 17.2 Å². The van der Waals surface area contributed by atoms with Gasteiger partial charge in [-0.2, -0.15) is 0 Å². The van der Waals surface area contributed by atoms with E-state index in [2.05, 4.69) is 0 Å². The number of fused-ring (bicyclic) bond motifs is 1. The number of carboxylic acid groups (broad SMARTS) is 1. The maximum absolute atomic E-state index is 10.7. The zero-order valence-electron chi connectivity index (χ0n) is 12.9. The molecule has 1 heterocycles. The molecule has 0 aliphatic carbocycles. The number of carboxylic acids is 1. The smallest absolute Gasteiger partial charge is 0.317 e. The van der Waals surface area contributed by atoms with Crippen molar-refractivity contribution in [2.45, 2.75) is 12.6 Å². The zero-order valence-corrected chi connectivity index (χ0v) is 12.9. The molecular weight excluding hydrogens is 294 g/mol. The van der Waals surface area contributed by atoms with Crippen LogP contribution < -0.4 is 9.47 Å². The molecule has 23 heavy (non-hydrogen) atoms. The van der Waals surface area contributed by atoms with E-state index in [-0.39, 0.29) is 12.6 Å². The Morgan fingerprint density at radius 3 is 2.57 bits per heavy atom. The molecule has 0 aromatic heterocycles. The van der Waals surface area contributed by atoms with Crippen molar-refractivity contribution in [1.82, 2.24) is 4.90 Å². The average Bonchev–Trinajstić information content (AvgIpc) is 2.54. The van der Waals surface area contributed by atoms with E-state index in [1.54, 1.807) is 11.9 Å². The summed E-state index contributed by atoms with van der Waals surface area (Å²) in [6.07, 6.45) is -0.129. The van der Waals surface area contributed by atoms with Crippen LogP contribution in [0.25, 0.3) is 0 Å². The highest BCUT2D eigenvalue weighted by Gasteiger charge is 2.22. The van der Waals surface area contributed by atoms with Gasteiger partial charge in [0.25, 0.3) is 0 Å². The highest BCUT2D eigenvalue weighted by Crippen LogP contribution is 2.35. The predicted molar refractivity (Wildman–Crippen MR) is 85.7 cm³/mol. The monoisotopic (exact) mass is 313 g/mol. The van der Waals surface area contributed by atoms with Crippen molar-refractivity contribution in [1.29, 1.82) is 0 Å². The SMILES string of the molecule is CN(CC(=O)O)Cc1ccc(C2COc3ccccc3O2)cc1. The Balaban J connectivity index is 1.65. The normalized spacial score (nSPS) is 16.3. The topological polar surface area (TPSA) is 59.0 Å². The number of aliphatic carboxylic acids is 1. The van der Waals surface area contributed by atoms with Gasteiger partial charge in [0.15, 0.2) is 17.6 Å². The summed E-state index contributed by atoms with van der Waals surface area (Å²) < 4.78 is 11.7. The van der Waals surface area contributed by atoms with Crippen molar-refractivity contribution in [3.8, 4) is 11.5 Å². The molecule has 0 bridgehead atoms. The van der Waals surface area contributed by atoms with Crippen LogP contribution in [-0.4, -0.2) is 36.2 Å². The minimum Gasteiger partial charge on any atom is -0.485 e. The van der Waals surface area contributed by atoms with Gasteiger partial charge in [-0.3, -0.25) is 9.69 Å². The number of rotatable bonds is 5. The van der Waals surface area contributed by atoms with Crippen LogP contribution in [-0.2, 0) is 11.3 Å². The first-order valence-corrected chi connectivity index (χ1v) is 7.49. The lowest BCUT2D eigenvalue weighted by atomic mass is 10.1. The number of nitrogens with zero attached hydrogens (tertiary/aromatic N) is 1. The van der Waals surface area contributed by atoms with E-state index >= 15 is 0 Å². The fourth-order valence-electron chi connectivity index (χ4n) is 2.62. The molecular formula is C18H19NO4. The summed E-state index contributed by atoms with van der Waals surface area (Å²) in [5, 5.41) is 8.78. The number of para-hydroxylation sites is 2. The van der Waals surface area contributed by atoms with Gasteiger partial charge in [0.2, 0.25) is 0 Å². The van der Waals surface area contributed by atoms with Crippen LogP contribution in [0.3, 0.4) is 0 Å². The fraction of sp³-hybridized carbons (Fsp3) is 0.278.